The van der Waals surface area contributed by atoms with E-state index in [1.807, 2.05) is 35.9 Å². The molecule has 0 saturated heterocycles. The predicted molar refractivity (Wildman–Crippen MR) is 70.6 cm³/mol. The van der Waals surface area contributed by atoms with Crippen LogP contribution < -0.4 is 0 Å². The van der Waals surface area contributed by atoms with Crippen molar-refractivity contribution in [2.75, 3.05) is 13.6 Å². The van der Waals surface area contributed by atoms with Gasteiger partial charge in [-0.05, 0) is 19.1 Å². The molecule has 0 N–H and O–H groups in total. The Morgan fingerprint density at radius 2 is 2.17 bits per heavy atom. The lowest BCUT2D eigenvalue weighted by molar-refractivity contribution is -0.130. The number of hydrogen-bond acceptors (Lipinski definition) is 2. The number of hydrogen-bond donors (Lipinski definition) is 0. The Labute approximate surface area is 106 Å². The molecule has 2 aromatic rings. The van der Waals surface area contributed by atoms with Crippen LogP contribution in [0.2, 0.25) is 0 Å². The molecule has 0 spiro atoms. The van der Waals surface area contributed by atoms with Crippen molar-refractivity contribution in [3.8, 4) is 0 Å². The van der Waals surface area contributed by atoms with Gasteiger partial charge in [-0.3, -0.25) is 9.59 Å². The largest absolute Gasteiger partial charge is 0.344 e. The summed E-state index contributed by atoms with van der Waals surface area (Å²) in [5, 5.41) is 0.978. The molecule has 0 saturated carbocycles. The molecule has 0 aliphatic rings. The Morgan fingerprint density at radius 3 is 2.83 bits per heavy atom. The standard InChI is InChI=1S/C14H16N2O2/c1-3-15(2)13(18)9-16-8-7-11-5-4-6-12(10-17)14(11)16/h4-8,10H,3,9H2,1-2H3. The molecule has 4 heteroatoms. The molecule has 0 unspecified atom stereocenters. The molecule has 1 aromatic carbocycles. The highest BCUT2D eigenvalue weighted by Gasteiger charge is 2.11. The third-order valence-electron chi connectivity index (χ3n) is 3.15. The van der Waals surface area contributed by atoms with Crippen LogP contribution in [0.4, 0.5) is 0 Å². The van der Waals surface area contributed by atoms with Crippen LogP contribution >= 0.6 is 0 Å². The highest BCUT2D eigenvalue weighted by molar-refractivity contribution is 5.97. The highest BCUT2D eigenvalue weighted by Crippen LogP contribution is 2.19. The van der Waals surface area contributed by atoms with Gasteiger partial charge in [0.25, 0.3) is 0 Å². The Balaban J connectivity index is 2.40. The van der Waals surface area contributed by atoms with Gasteiger partial charge in [-0.25, -0.2) is 0 Å². The van der Waals surface area contributed by atoms with Gasteiger partial charge in [0.15, 0.2) is 6.29 Å². The van der Waals surface area contributed by atoms with Crippen LogP contribution in [0.25, 0.3) is 10.9 Å². The number of rotatable bonds is 4. The lowest BCUT2D eigenvalue weighted by Gasteiger charge is -2.15. The van der Waals surface area contributed by atoms with E-state index in [0.29, 0.717) is 12.1 Å². The zero-order chi connectivity index (χ0) is 13.1. The summed E-state index contributed by atoms with van der Waals surface area (Å²) in [5.41, 5.74) is 1.44. The quantitative estimate of drug-likeness (QED) is 0.771. The number of fused-ring (bicyclic) bond motifs is 1. The van der Waals surface area contributed by atoms with Gasteiger partial charge in [-0.2, -0.15) is 0 Å². The maximum absolute atomic E-state index is 11.9. The Bertz CT molecular complexity index is 586. The number of benzene rings is 1. The van der Waals surface area contributed by atoms with E-state index in [4.69, 9.17) is 0 Å². The lowest BCUT2D eigenvalue weighted by Crippen LogP contribution is -2.29. The molecule has 0 radical (unpaired) electrons. The Kier molecular flexibility index (Phi) is 3.46. The SMILES string of the molecule is CCN(C)C(=O)Cn1ccc2cccc(C=O)c21. The minimum Gasteiger partial charge on any atom is -0.344 e. The summed E-state index contributed by atoms with van der Waals surface area (Å²) in [4.78, 5) is 24.6. The van der Waals surface area contributed by atoms with E-state index in [1.165, 1.54) is 0 Å². The first-order chi connectivity index (χ1) is 8.67. The average molecular weight is 244 g/mol. The van der Waals surface area contributed by atoms with Gasteiger partial charge >= 0.3 is 0 Å². The predicted octanol–water partition coefficient (Wildman–Crippen LogP) is 1.93. The van der Waals surface area contributed by atoms with E-state index >= 15 is 0 Å². The molecule has 0 aliphatic carbocycles. The van der Waals surface area contributed by atoms with Crippen LogP contribution in [0.15, 0.2) is 30.5 Å². The lowest BCUT2D eigenvalue weighted by atomic mass is 10.1. The number of aldehydes is 1. The van der Waals surface area contributed by atoms with Gasteiger partial charge in [-0.15, -0.1) is 0 Å². The summed E-state index contributed by atoms with van der Waals surface area (Å²) >= 11 is 0. The van der Waals surface area contributed by atoms with Crippen molar-refractivity contribution in [1.82, 2.24) is 9.47 Å². The summed E-state index contributed by atoms with van der Waals surface area (Å²) in [5.74, 6) is 0.0377. The van der Waals surface area contributed by atoms with Crippen molar-refractivity contribution in [2.45, 2.75) is 13.5 Å². The van der Waals surface area contributed by atoms with E-state index in [0.717, 1.165) is 17.2 Å². The number of nitrogens with zero attached hydrogens (tertiary/aromatic N) is 2. The molecule has 0 bridgehead atoms. The van der Waals surface area contributed by atoms with Crippen molar-refractivity contribution in [2.24, 2.45) is 0 Å². The van der Waals surface area contributed by atoms with Crippen LogP contribution in [0, 0.1) is 0 Å². The minimum atomic E-state index is 0.0377. The maximum atomic E-state index is 11.9. The fraction of sp³-hybridized carbons (Fsp3) is 0.286. The molecule has 0 aliphatic heterocycles. The molecule has 0 atom stereocenters. The number of carbonyl (C=O) groups is 2. The van der Waals surface area contributed by atoms with E-state index < -0.39 is 0 Å². The first-order valence-electron chi connectivity index (χ1n) is 5.94. The smallest absolute Gasteiger partial charge is 0.242 e. The summed E-state index contributed by atoms with van der Waals surface area (Å²) in [6.07, 6.45) is 2.67. The molecule has 94 valence electrons. The van der Waals surface area contributed by atoms with Gasteiger partial charge in [0.1, 0.15) is 6.54 Å². The number of aromatic nitrogens is 1. The van der Waals surface area contributed by atoms with Crippen molar-refractivity contribution in [3.63, 3.8) is 0 Å². The van der Waals surface area contributed by atoms with E-state index in [9.17, 15) is 9.59 Å². The molecule has 1 amide bonds. The minimum absolute atomic E-state index is 0.0377. The topological polar surface area (TPSA) is 42.3 Å². The van der Waals surface area contributed by atoms with Gasteiger partial charge < -0.3 is 9.47 Å². The fourth-order valence-electron chi connectivity index (χ4n) is 1.96. The van der Waals surface area contributed by atoms with Gasteiger partial charge in [0.2, 0.25) is 5.91 Å². The molecule has 1 aromatic heterocycles. The van der Waals surface area contributed by atoms with Gasteiger partial charge in [0, 0.05) is 30.7 Å². The van der Waals surface area contributed by atoms with E-state index in [2.05, 4.69) is 0 Å². The Morgan fingerprint density at radius 1 is 1.39 bits per heavy atom. The first-order valence-corrected chi connectivity index (χ1v) is 5.94. The van der Waals surface area contributed by atoms with Crippen LogP contribution in [0.5, 0.6) is 0 Å². The molecule has 1 heterocycles. The monoisotopic (exact) mass is 244 g/mol. The molecular weight excluding hydrogens is 228 g/mol. The zero-order valence-corrected chi connectivity index (χ0v) is 10.6. The summed E-state index contributed by atoms with van der Waals surface area (Å²) in [6.45, 7) is 2.87. The molecule has 4 nitrogen and oxygen atoms in total. The highest BCUT2D eigenvalue weighted by atomic mass is 16.2. The number of para-hydroxylation sites is 1. The zero-order valence-electron chi connectivity index (χ0n) is 10.6. The fourth-order valence-corrected chi connectivity index (χ4v) is 1.96. The number of likely N-dealkylation sites (N-methyl/N-ethyl adjacent to an activating group) is 1. The second-order valence-corrected chi connectivity index (χ2v) is 4.25. The third kappa shape index (κ3) is 2.14. The van der Waals surface area contributed by atoms with Crippen LogP contribution in [0.3, 0.4) is 0 Å². The second kappa shape index (κ2) is 5.04. The summed E-state index contributed by atoms with van der Waals surface area (Å²) in [7, 11) is 1.77. The Hall–Kier alpha value is -2.10. The van der Waals surface area contributed by atoms with Crippen molar-refractivity contribution >= 4 is 23.1 Å². The van der Waals surface area contributed by atoms with Crippen molar-refractivity contribution in [3.05, 3.63) is 36.0 Å². The van der Waals surface area contributed by atoms with Gasteiger partial charge in [-0.1, -0.05) is 12.1 Å². The van der Waals surface area contributed by atoms with Crippen LogP contribution in [0.1, 0.15) is 17.3 Å². The molecule has 2 rings (SSSR count). The maximum Gasteiger partial charge on any atom is 0.242 e. The van der Waals surface area contributed by atoms with Crippen molar-refractivity contribution < 1.29 is 9.59 Å². The summed E-state index contributed by atoms with van der Waals surface area (Å²) in [6, 6.07) is 7.46. The molecular formula is C14H16N2O2. The summed E-state index contributed by atoms with van der Waals surface area (Å²) < 4.78 is 1.83. The van der Waals surface area contributed by atoms with Crippen molar-refractivity contribution in [1.29, 1.82) is 0 Å². The average Bonchev–Trinajstić information content (AvgIpc) is 2.81. The number of amides is 1. The van der Waals surface area contributed by atoms with E-state index in [-0.39, 0.29) is 12.5 Å². The van der Waals surface area contributed by atoms with Crippen LogP contribution in [-0.2, 0) is 11.3 Å². The normalized spacial score (nSPS) is 10.6. The molecule has 0 fully saturated rings. The number of carbonyl (C=O) groups excluding carboxylic acids is 2. The van der Waals surface area contributed by atoms with E-state index in [1.54, 1.807) is 18.0 Å². The first kappa shape index (κ1) is 12.4. The molecule has 18 heavy (non-hydrogen) atoms. The third-order valence-corrected chi connectivity index (χ3v) is 3.15. The van der Waals surface area contributed by atoms with Crippen LogP contribution in [-0.4, -0.2) is 35.3 Å². The second-order valence-electron chi connectivity index (χ2n) is 4.25. The van der Waals surface area contributed by atoms with Gasteiger partial charge in [0.05, 0.1) is 5.52 Å².